The molecule has 0 aromatic rings. The lowest BCUT2D eigenvalue weighted by Crippen LogP contribution is -2.55. The molecule has 3 heterocycles. The summed E-state index contributed by atoms with van der Waals surface area (Å²) in [4.78, 5) is 16.3. The van der Waals surface area contributed by atoms with Crippen LogP contribution >= 0.6 is 0 Å². The molecule has 0 spiro atoms. The molecule has 4 nitrogen and oxygen atoms in total. The van der Waals surface area contributed by atoms with Gasteiger partial charge in [0.1, 0.15) is 0 Å². The Bertz CT molecular complexity index is 307. The van der Waals surface area contributed by atoms with Crippen LogP contribution in [-0.2, 0) is 4.79 Å². The molecule has 3 fully saturated rings. The number of aliphatic hydroxyl groups excluding tert-OH is 1. The topological polar surface area (TPSA) is 43.8 Å². The number of carbonyl (C=O) groups excluding carboxylic acids is 1. The maximum absolute atomic E-state index is 11.8. The van der Waals surface area contributed by atoms with Crippen molar-refractivity contribution in [1.29, 1.82) is 0 Å². The van der Waals surface area contributed by atoms with Crippen LogP contribution in [0.5, 0.6) is 0 Å². The zero-order valence-corrected chi connectivity index (χ0v) is 10.5. The van der Waals surface area contributed by atoms with Gasteiger partial charge in [-0.15, -0.1) is 0 Å². The van der Waals surface area contributed by atoms with E-state index in [-0.39, 0.29) is 5.91 Å². The molecule has 0 aliphatic carbocycles. The fourth-order valence-corrected chi connectivity index (χ4v) is 3.91. The van der Waals surface area contributed by atoms with Crippen LogP contribution in [0.1, 0.15) is 38.5 Å². The molecule has 3 aliphatic heterocycles. The van der Waals surface area contributed by atoms with Crippen LogP contribution in [0.4, 0.5) is 0 Å². The SMILES string of the molecule is CN1[C@@H]2CCC[C@H]1CC(N1CC(O)CC1=O)C2. The van der Waals surface area contributed by atoms with E-state index in [1.165, 1.54) is 19.3 Å². The van der Waals surface area contributed by atoms with Gasteiger partial charge in [0.2, 0.25) is 5.91 Å². The van der Waals surface area contributed by atoms with Gasteiger partial charge >= 0.3 is 0 Å². The van der Waals surface area contributed by atoms with E-state index < -0.39 is 6.10 Å². The summed E-state index contributed by atoms with van der Waals surface area (Å²) < 4.78 is 0. The predicted molar refractivity (Wildman–Crippen MR) is 64.5 cm³/mol. The monoisotopic (exact) mass is 238 g/mol. The highest BCUT2D eigenvalue weighted by atomic mass is 16.3. The van der Waals surface area contributed by atoms with Gasteiger partial charge in [0.05, 0.1) is 12.5 Å². The summed E-state index contributed by atoms with van der Waals surface area (Å²) in [6, 6.07) is 1.68. The van der Waals surface area contributed by atoms with E-state index in [9.17, 15) is 9.90 Å². The Morgan fingerprint density at radius 3 is 2.35 bits per heavy atom. The van der Waals surface area contributed by atoms with Gasteiger partial charge in [0, 0.05) is 24.7 Å². The van der Waals surface area contributed by atoms with Gasteiger partial charge in [0.25, 0.3) is 0 Å². The molecule has 3 rings (SSSR count). The molecule has 4 atom stereocenters. The first kappa shape index (κ1) is 11.5. The van der Waals surface area contributed by atoms with Crippen molar-refractivity contribution in [1.82, 2.24) is 9.80 Å². The number of likely N-dealkylation sites (tertiary alicyclic amines) is 1. The minimum atomic E-state index is -0.429. The minimum absolute atomic E-state index is 0.158. The van der Waals surface area contributed by atoms with Crippen LogP contribution in [0.25, 0.3) is 0 Å². The summed E-state index contributed by atoms with van der Waals surface area (Å²) in [7, 11) is 2.23. The molecule has 2 bridgehead atoms. The third-order valence-electron chi connectivity index (χ3n) is 4.89. The average molecular weight is 238 g/mol. The Morgan fingerprint density at radius 1 is 1.18 bits per heavy atom. The van der Waals surface area contributed by atoms with Gasteiger partial charge in [-0.2, -0.15) is 0 Å². The molecule has 3 aliphatic rings. The molecule has 4 heteroatoms. The quantitative estimate of drug-likeness (QED) is 0.727. The first-order chi connectivity index (χ1) is 8.15. The molecule has 0 radical (unpaired) electrons. The van der Waals surface area contributed by atoms with Crippen molar-refractivity contribution in [2.24, 2.45) is 0 Å². The van der Waals surface area contributed by atoms with Crippen molar-refractivity contribution in [2.45, 2.75) is 62.8 Å². The zero-order chi connectivity index (χ0) is 12.0. The number of fused-ring (bicyclic) bond motifs is 2. The highest BCUT2D eigenvalue weighted by Crippen LogP contribution is 2.35. The van der Waals surface area contributed by atoms with Crippen LogP contribution in [0.3, 0.4) is 0 Å². The van der Waals surface area contributed by atoms with Crippen LogP contribution in [0, 0.1) is 0 Å². The molecule has 2 unspecified atom stereocenters. The van der Waals surface area contributed by atoms with Crippen molar-refractivity contribution in [3.8, 4) is 0 Å². The molecule has 0 aromatic carbocycles. The van der Waals surface area contributed by atoms with Crippen molar-refractivity contribution in [2.75, 3.05) is 13.6 Å². The first-order valence-corrected chi connectivity index (χ1v) is 6.84. The van der Waals surface area contributed by atoms with Crippen LogP contribution in [-0.4, -0.2) is 58.6 Å². The minimum Gasteiger partial charge on any atom is -0.391 e. The van der Waals surface area contributed by atoms with E-state index in [2.05, 4.69) is 11.9 Å². The van der Waals surface area contributed by atoms with Crippen molar-refractivity contribution in [3.05, 3.63) is 0 Å². The average Bonchev–Trinajstić information content (AvgIpc) is 2.57. The van der Waals surface area contributed by atoms with Crippen LogP contribution < -0.4 is 0 Å². The number of nitrogens with zero attached hydrogens (tertiary/aromatic N) is 2. The summed E-state index contributed by atoms with van der Waals surface area (Å²) in [6.45, 7) is 0.562. The number of rotatable bonds is 1. The summed E-state index contributed by atoms with van der Waals surface area (Å²) in [5, 5.41) is 9.58. The van der Waals surface area contributed by atoms with Crippen LogP contribution in [0.2, 0.25) is 0 Å². The van der Waals surface area contributed by atoms with E-state index >= 15 is 0 Å². The lowest BCUT2D eigenvalue weighted by Gasteiger charge is -2.49. The lowest BCUT2D eigenvalue weighted by molar-refractivity contribution is -0.131. The normalized spacial score (nSPS) is 43.2. The Morgan fingerprint density at radius 2 is 1.82 bits per heavy atom. The molecular formula is C13H22N2O2. The maximum Gasteiger partial charge on any atom is 0.225 e. The lowest BCUT2D eigenvalue weighted by atomic mass is 9.82. The van der Waals surface area contributed by atoms with Crippen molar-refractivity contribution < 1.29 is 9.90 Å². The molecule has 96 valence electrons. The molecule has 3 saturated heterocycles. The summed E-state index contributed by atoms with van der Waals surface area (Å²) >= 11 is 0. The molecule has 0 aromatic heterocycles. The standard InChI is InChI=1S/C13H22N2O2/c1-14-9-3-2-4-10(14)6-11(5-9)15-8-12(16)7-13(15)17/h9-12,16H,2-8H2,1H3/t9-,10+,11?,12?. The van der Waals surface area contributed by atoms with Crippen molar-refractivity contribution >= 4 is 5.91 Å². The fourth-order valence-electron chi connectivity index (χ4n) is 3.91. The van der Waals surface area contributed by atoms with E-state index in [1.807, 2.05) is 4.90 Å². The van der Waals surface area contributed by atoms with Gasteiger partial charge in [-0.25, -0.2) is 0 Å². The largest absolute Gasteiger partial charge is 0.391 e. The second-order valence-electron chi connectivity index (χ2n) is 5.93. The highest BCUT2D eigenvalue weighted by Gasteiger charge is 2.41. The maximum atomic E-state index is 11.8. The second-order valence-corrected chi connectivity index (χ2v) is 5.93. The predicted octanol–water partition coefficient (Wildman–Crippen LogP) is 0.595. The molecule has 17 heavy (non-hydrogen) atoms. The van der Waals surface area contributed by atoms with E-state index in [1.54, 1.807) is 0 Å². The molecule has 0 saturated carbocycles. The van der Waals surface area contributed by atoms with Gasteiger partial charge in [-0.1, -0.05) is 6.42 Å². The number of carbonyl (C=O) groups is 1. The summed E-state index contributed by atoms with van der Waals surface area (Å²) in [5.41, 5.74) is 0. The Balaban J connectivity index is 1.71. The van der Waals surface area contributed by atoms with E-state index in [0.29, 0.717) is 31.1 Å². The molecular weight excluding hydrogens is 216 g/mol. The third kappa shape index (κ3) is 1.97. The molecule has 1 N–H and O–H groups in total. The first-order valence-electron chi connectivity index (χ1n) is 6.84. The van der Waals surface area contributed by atoms with E-state index in [0.717, 1.165) is 12.8 Å². The number of hydrogen-bond donors (Lipinski definition) is 1. The molecule has 1 amide bonds. The van der Waals surface area contributed by atoms with E-state index in [4.69, 9.17) is 0 Å². The zero-order valence-electron chi connectivity index (χ0n) is 10.5. The number of aliphatic hydroxyl groups is 1. The highest BCUT2D eigenvalue weighted by molar-refractivity contribution is 5.79. The second kappa shape index (κ2) is 4.25. The smallest absolute Gasteiger partial charge is 0.225 e. The fraction of sp³-hybridized carbons (Fsp3) is 0.923. The Labute approximate surface area is 103 Å². The van der Waals surface area contributed by atoms with Gasteiger partial charge < -0.3 is 14.9 Å². The number of β-amino-alcohol motifs (C(OH)–C–C–N with tert-alkyl or cyclic N) is 1. The third-order valence-corrected chi connectivity index (χ3v) is 4.89. The van der Waals surface area contributed by atoms with Crippen LogP contribution in [0.15, 0.2) is 0 Å². The number of hydrogen-bond acceptors (Lipinski definition) is 3. The Kier molecular flexibility index (Phi) is 2.87. The summed E-state index contributed by atoms with van der Waals surface area (Å²) in [6.07, 6.45) is 5.99. The van der Waals surface area contributed by atoms with Gasteiger partial charge in [0.15, 0.2) is 0 Å². The van der Waals surface area contributed by atoms with Crippen molar-refractivity contribution in [3.63, 3.8) is 0 Å². The Hall–Kier alpha value is -0.610. The number of amides is 1. The summed E-state index contributed by atoms with van der Waals surface area (Å²) in [5.74, 6) is 0.158. The number of piperidine rings is 2. The van der Waals surface area contributed by atoms with Gasteiger partial charge in [-0.3, -0.25) is 4.79 Å². The van der Waals surface area contributed by atoms with Gasteiger partial charge in [-0.05, 0) is 32.7 Å².